The van der Waals surface area contributed by atoms with E-state index in [0.717, 1.165) is 12.8 Å². The molecule has 0 unspecified atom stereocenters. The number of benzene rings is 3. The minimum absolute atomic E-state index is 0.400. The SMILES string of the molecule is COC(=O)C(C)(C)Oc1ccc(CCCO[Si](C)(c2ccccc2)c2ccccc2)cc1. The number of rotatable bonds is 10. The second-order valence-electron chi connectivity index (χ2n) is 8.47. The van der Waals surface area contributed by atoms with Crippen LogP contribution in [0.25, 0.3) is 0 Å². The highest BCUT2D eigenvalue weighted by Crippen LogP contribution is 2.20. The molecule has 5 heteroatoms. The number of carbonyl (C=O) groups is 1. The maximum absolute atomic E-state index is 11.8. The van der Waals surface area contributed by atoms with Crippen molar-refractivity contribution in [2.75, 3.05) is 13.7 Å². The summed E-state index contributed by atoms with van der Waals surface area (Å²) in [6.45, 7) is 6.36. The van der Waals surface area contributed by atoms with Gasteiger partial charge >= 0.3 is 5.97 Å². The van der Waals surface area contributed by atoms with Crippen molar-refractivity contribution in [2.45, 2.75) is 38.8 Å². The normalized spacial score (nSPS) is 11.8. The van der Waals surface area contributed by atoms with Gasteiger partial charge in [0.15, 0.2) is 5.60 Å². The molecule has 0 saturated heterocycles. The molecule has 3 aromatic carbocycles. The van der Waals surface area contributed by atoms with E-state index in [-0.39, 0.29) is 0 Å². The lowest BCUT2D eigenvalue weighted by molar-refractivity contribution is -0.156. The van der Waals surface area contributed by atoms with Crippen molar-refractivity contribution < 1.29 is 18.7 Å². The molecule has 0 heterocycles. The van der Waals surface area contributed by atoms with Gasteiger partial charge in [-0.15, -0.1) is 0 Å². The Morgan fingerprint density at radius 1 is 0.844 bits per heavy atom. The largest absolute Gasteiger partial charge is 0.476 e. The number of ether oxygens (including phenoxy) is 2. The first-order valence-corrected chi connectivity index (χ1v) is 13.4. The Kier molecular flexibility index (Phi) is 7.88. The maximum Gasteiger partial charge on any atom is 0.349 e. The van der Waals surface area contributed by atoms with Crippen LogP contribution in [0.15, 0.2) is 84.9 Å². The summed E-state index contributed by atoms with van der Waals surface area (Å²) in [5, 5.41) is 2.56. The van der Waals surface area contributed by atoms with Crippen LogP contribution in [0.3, 0.4) is 0 Å². The van der Waals surface area contributed by atoms with Crippen molar-refractivity contribution in [3.63, 3.8) is 0 Å². The van der Waals surface area contributed by atoms with Crippen molar-refractivity contribution in [2.24, 2.45) is 0 Å². The van der Waals surface area contributed by atoms with Gasteiger partial charge in [0, 0.05) is 6.61 Å². The lowest BCUT2D eigenvalue weighted by Gasteiger charge is -2.28. The van der Waals surface area contributed by atoms with E-state index in [1.807, 2.05) is 36.4 Å². The Balaban J connectivity index is 1.59. The second kappa shape index (κ2) is 10.6. The fourth-order valence-electron chi connectivity index (χ4n) is 3.70. The summed E-state index contributed by atoms with van der Waals surface area (Å²) in [4.78, 5) is 11.8. The van der Waals surface area contributed by atoms with Crippen LogP contribution in [0, 0.1) is 0 Å². The van der Waals surface area contributed by atoms with E-state index < -0.39 is 19.9 Å². The number of hydrogen-bond donors (Lipinski definition) is 0. The molecule has 0 amide bonds. The highest BCUT2D eigenvalue weighted by Gasteiger charge is 2.33. The third kappa shape index (κ3) is 5.87. The lowest BCUT2D eigenvalue weighted by atomic mass is 10.1. The van der Waals surface area contributed by atoms with Gasteiger partial charge in [-0.2, -0.15) is 0 Å². The van der Waals surface area contributed by atoms with Gasteiger partial charge in [0.05, 0.1) is 7.11 Å². The number of methoxy groups -OCH3 is 1. The first-order valence-electron chi connectivity index (χ1n) is 11.0. The third-order valence-electron chi connectivity index (χ3n) is 5.62. The van der Waals surface area contributed by atoms with Gasteiger partial charge in [-0.3, -0.25) is 0 Å². The molecule has 3 aromatic rings. The quantitative estimate of drug-likeness (QED) is 0.263. The molecule has 0 N–H and O–H groups in total. The van der Waals surface area contributed by atoms with E-state index >= 15 is 0 Å². The van der Waals surface area contributed by atoms with Crippen LogP contribution in [0.4, 0.5) is 0 Å². The van der Waals surface area contributed by atoms with E-state index in [9.17, 15) is 4.79 Å². The molecule has 0 aliphatic heterocycles. The molecule has 0 aliphatic rings. The van der Waals surface area contributed by atoms with Crippen LogP contribution >= 0.6 is 0 Å². The monoisotopic (exact) mass is 448 g/mol. The molecule has 4 nitrogen and oxygen atoms in total. The number of carbonyl (C=O) groups excluding carboxylic acids is 1. The number of aryl methyl sites for hydroxylation is 1. The van der Waals surface area contributed by atoms with Gasteiger partial charge in [0.25, 0.3) is 8.32 Å². The van der Waals surface area contributed by atoms with Crippen LogP contribution < -0.4 is 15.1 Å². The Hall–Kier alpha value is -2.89. The minimum atomic E-state index is -2.25. The predicted octanol–water partition coefficient (Wildman–Crippen LogP) is 4.36. The van der Waals surface area contributed by atoms with Gasteiger partial charge < -0.3 is 13.9 Å². The summed E-state index contributed by atoms with van der Waals surface area (Å²) in [5.41, 5.74) is 0.188. The standard InChI is InChI=1S/C27H32O4Si/c1-27(2,26(28)29-3)31-23-19-17-22(18-20-23)12-11-21-30-32(4,24-13-7-5-8-14-24)25-15-9-6-10-16-25/h5-10,13-20H,11-12,21H2,1-4H3. The molecule has 0 radical (unpaired) electrons. The molecule has 0 aliphatic carbocycles. The van der Waals surface area contributed by atoms with Crippen molar-refractivity contribution in [3.8, 4) is 5.75 Å². The van der Waals surface area contributed by atoms with Crippen molar-refractivity contribution in [3.05, 3.63) is 90.5 Å². The summed E-state index contributed by atoms with van der Waals surface area (Å²) >= 11 is 0. The molecule has 32 heavy (non-hydrogen) atoms. The van der Waals surface area contributed by atoms with Crippen molar-refractivity contribution in [1.29, 1.82) is 0 Å². The first kappa shape index (κ1) is 23.8. The van der Waals surface area contributed by atoms with E-state index in [4.69, 9.17) is 13.9 Å². The van der Waals surface area contributed by atoms with E-state index in [1.54, 1.807) is 13.8 Å². The average molecular weight is 449 g/mol. The van der Waals surface area contributed by atoms with E-state index in [1.165, 1.54) is 23.0 Å². The number of hydrogen-bond acceptors (Lipinski definition) is 4. The first-order chi connectivity index (χ1) is 15.3. The summed E-state index contributed by atoms with van der Waals surface area (Å²) in [6, 6.07) is 29.0. The van der Waals surface area contributed by atoms with Crippen LogP contribution in [0.2, 0.25) is 6.55 Å². The molecule has 0 spiro atoms. The summed E-state index contributed by atoms with van der Waals surface area (Å²) in [5.74, 6) is 0.247. The van der Waals surface area contributed by atoms with Crippen molar-refractivity contribution >= 4 is 24.7 Å². The molecule has 3 rings (SSSR count). The van der Waals surface area contributed by atoms with Crippen LogP contribution in [0.5, 0.6) is 5.75 Å². The summed E-state index contributed by atoms with van der Waals surface area (Å²) < 4.78 is 17.2. The van der Waals surface area contributed by atoms with Crippen LogP contribution in [0.1, 0.15) is 25.8 Å². The maximum atomic E-state index is 11.8. The van der Waals surface area contributed by atoms with Gasteiger partial charge in [-0.25, -0.2) is 4.79 Å². The smallest absolute Gasteiger partial charge is 0.349 e. The second-order valence-corrected chi connectivity index (χ2v) is 12.0. The molecule has 0 saturated carbocycles. The highest BCUT2D eigenvalue weighted by atomic mass is 28.4. The molecule has 168 valence electrons. The molecular formula is C27H32O4Si. The topological polar surface area (TPSA) is 44.8 Å². The fourth-order valence-corrected chi connectivity index (χ4v) is 6.58. The Labute approximate surface area is 192 Å². The molecule has 0 atom stereocenters. The summed E-state index contributed by atoms with van der Waals surface area (Å²) in [7, 11) is -0.891. The Morgan fingerprint density at radius 3 is 1.88 bits per heavy atom. The minimum Gasteiger partial charge on any atom is -0.476 e. The van der Waals surface area contributed by atoms with Gasteiger partial charge in [-0.1, -0.05) is 72.8 Å². The predicted molar refractivity (Wildman–Crippen MR) is 131 cm³/mol. The zero-order valence-electron chi connectivity index (χ0n) is 19.3. The van der Waals surface area contributed by atoms with Gasteiger partial charge in [0.2, 0.25) is 0 Å². The average Bonchev–Trinajstić information content (AvgIpc) is 2.83. The zero-order valence-corrected chi connectivity index (χ0v) is 20.3. The number of esters is 1. The highest BCUT2D eigenvalue weighted by molar-refractivity contribution is 6.96. The molecule has 0 aromatic heterocycles. The third-order valence-corrected chi connectivity index (χ3v) is 9.27. The summed E-state index contributed by atoms with van der Waals surface area (Å²) in [6.07, 6.45) is 1.84. The Morgan fingerprint density at radius 2 is 1.38 bits per heavy atom. The zero-order chi connectivity index (χ0) is 23.0. The van der Waals surface area contributed by atoms with Crippen LogP contribution in [-0.2, 0) is 20.4 Å². The molecular weight excluding hydrogens is 416 g/mol. The lowest BCUT2D eigenvalue weighted by Crippen LogP contribution is -2.58. The van der Waals surface area contributed by atoms with Crippen LogP contribution in [-0.4, -0.2) is 33.6 Å². The Bertz CT molecular complexity index is 946. The van der Waals surface area contributed by atoms with E-state index in [2.05, 4.69) is 55.1 Å². The molecule has 0 bridgehead atoms. The molecule has 0 fully saturated rings. The fraction of sp³-hybridized carbons (Fsp3) is 0.296. The van der Waals surface area contributed by atoms with Gasteiger partial charge in [0.1, 0.15) is 5.75 Å². The van der Waals surface area contributed by atoms with Crippen molar-refractivity contribution in [1.82, 2.24) is 0 Å². The van der Waals surface area contributed by atoms with E-state index in [0.29, 0.717) is 12.4 Å². The van der Waals surface area contributed by atoms with Gasteiger partial charge in [-0.05, 0) is 61.3 Å².